The van der Waals surface area contributed by atoms with Crippen molar-refractivity contribution in [2.24, 2.45) is 5.41 Å². The minimum Gasteiger partial charge on any atom is -0.488 e. The molecule has 3 aliphatic rings. The lowest BCUT2D eigenvalue weighted by Gasteiger charge is -2.37. The molecule has 1 N–H and O–H groups in total. The molecule has 0 bridgehead atoms. The number of carboxylic acid groups (broad SMARTS) is 1. The average molecular weight is 604 g/mol. The highest BCUT2D eigenvalue weighted by molar-refractivity contribution is 5.77. The van der Waals surface area contributed by atoms with Gasteiger partial charge < -0.3 is 24.2 Å². The van der Waals surface area contributed by atoms with Gasteiger partial charge in [0.1, 0.15) is 24.0 Å². The summed E-state index contributed by atoms with van der Waals surface area (Å²) in [6.45, 7) is 8.01. The average Bonchev–Trinajstić information content (AvgIpc) is 3.38. The number of fused-ring (bicyclic) bond motifs is 1. The van der Waals surface area contributed by atoms with Crippen LogP contribution in [0.2, 0.25) is 0 Å². The van der Waals surface area contributed by atoms with Gasteiger partial charge in [0, 0.05) is 57.1 Å². The summed E-state index contributed by atoms with van der Waals surface area (Å²) in [5.74, 6) is 0.407. The number of anilines is 1. The number of carbonyl (C=O) groups is 1. The summed E-state index contributed by atoms with van der Waals surface area (Å²) in [6.07, 6.45) is 3.34. The number of carboxylic acids is 1. The van der Waals surface area contributed by atoms with Gasteiger partial charge in [0.2, 0.25) is 0 Å². The summed E-state index contributed by atoms with van der Waals surface area (Å²) in [5, 5.41) is 9.99. The predicted molar refractivity (Wildman–Crippen MR) is 166 cm³/mol. The van der Waals surface area contributed by atoms with Crippen molar-refractivity contribution >= 4 is 11.8 Å². The van der Waals surface area contributed by atoms with Gasteiger partial charge >= 0.3 is 5.97 Å². The first kappa shape index (κ1) is 30.5. The lowest BCUT2D eigenvalue weighted by molar-refractivity contribution is -0.148. The van der Waals surface area contributed by atoms with Gasteiger partial charge in [-0.15, -0.1) is 0 Å². The lowest BCUT2D eigenvalue weighted by atomic mass is 9.83. The Bertz CT molecular complexity index is 1510. The number of aryl methyl sites for hydroxylation is 1. The van der Waals surface area contributed by atoms with E-state index in [1.54, 1.807) is 20.1 Å². The van der Waals surface area contributed by atoms with Crippen molar-refractivity contribution in [1.82, 2.24) is 9.88 Å². The number of pyridine rings is 1. The third-order valence-electron chi connectivity index (χ3n) is 9.78. The van der Waals surface area contributed by atoms with Gasteiger partial charge in [0.25, 0.3) is 0 Å². The van der Waals surface area contributed by atoms with Crippen molar-refractivity contribution in [2.75, 3.05) is 44.9 Å². The first-order valence-corrected chi connectivity index (χ1v) is 15.6. The third-order valence-corrected chi connectivity index (χ3v) is 9.78. The maximum absolute atomic E-state index is 15.4. The number of hydrogen-bond acceptors (Lipinski definition) is 7. The molecule has 1 aromatic heterocycles. The van der Waals surface area contributed by atoms with Crippen molar-refractivity contribution < 1.29 is 28.5 Å². The van der Waals surface area contributed by atoms with Gasteiger partial charge in [-0.25, -0.2) is 9.37 Å². The fourth-order valence-electron chi connectivity index (χ4n) is 7.06. The summed E-state index contributed by atoms with van der Waals surface area (Å²) < 4.78 is 32.8. The van der Waals surface area contributed by atoms with E-state index in [0.717, 1.165) is 72.5 Å². The second kappa shape index (κ2) is 12.8. The number of methoxy groups -OCH3 is 1. The van der Waals surface area contributed by atoms with Crippen LogP contribution in [0.15, 0.2) is 48.5 Å². The number of rotatable bonds is 9. The zero-order valence-electron chi connectivity index (χ0n) is 25.9. The molecule has 8 nitrogen and oxygen atoms in total. The Hall–Kier alpha value is -3.53. The Morgan fingerprint density at radius 2 is 1.95 bits per heavy atom. The smallest absolute Gasteiger partial charge is 0.311 e. The summed E-state index contributed by atoms with van der Waals surface area (Å²) in [7, 11) is 1.59. The molecule has 0 aliphatic carbocycles. The van der Waals surface area contributed by atoms with E-state index in [9.17, 15) is 9.90 Å². The molecule has 2 aromatic carbocycles. The van der Waals surface area contributed by atoms with E-state index >= 15 is 4.39 Å². The van der Waals surface area contributed by atoms with Crippen LogP contribution >= 0.6 is 0 Å². The maximum atomic E-state index is 15.4. The molecule has 2 fully saturated rings. The van der Waals surface area contributed by atoms with E-state index in [4.69, 9.17) is 19.2 Å². The molecular formula is C35H42FN3O5. The van der Waals surface area contributed by atoms with Crippen molar-refractivity contribution in [3.05, 3.63) is 76.6 Å². The highest BCUT2D eigenvalue weighted by Crippen LogP contribution is 2.41. The van der Waals surface area contributed by atoms with Gasteiger partial charge in [-0.1, -0.05) is 24.3 Å². The molecule has 0 amide bonds. The Morgan fingerprint density at radius 1 is 1.16 bits per heavy atom. The number of halogens is 1. The van der Waals surface area contributed by atoms with Crippen molar-refractivity contribution in [3.63, 3.8) is 0 Å². The monoisotopic (exact) mass is 603 g/mol. The van der Waals surface area contributed by atoms with Gasteiger partial charge in [-0.05, 0) is 80.5 Å². The van der Waals surface area contributed by atoms with E-state index in [2.05, 4.69) is 11.0 Å². The Labute approximate surface area is 258 Å². The number of nitrogens with zero attached hydrogens (tertiary/aromatic N) is 3. The summed E-state index contributed by atoms with van der Waals surface area (Å²) in [5.41, 5.74) is 4.26. The predicted octanol–water partition coefficient (Wildman–Crippen LogP) is 5.63. The molecule has 0 saturated carbocycles. The Morgan fingerprint density at radius 3 is 2.73 bits per heavy atom. The van der Waals surface area contributed by atoms with Gasteiger partial charge in [-0.2, -0.15) is 0 Å². The van der Waals surface area contributed by atoms with Gasteiger partial charge in [0.15, 0.2) is 0 Å². The molecule has 234 valence electrons. The summed E-state index contributed by atoms with van der Waals surface area (Å²) in [6, 6.07) is 15.6. The maximum Gasteiger partial charge on any atom is 0.311 e. The van der Waals surface area contributed by atoms with Crippen LogP contribution in [0.3, 0.4) is 0 Å². The van der Waals surface area contributed by atoms with Crippen LogP contribution in [0, 0.1) is 18.2 Å². The highest BCUT2D eigenvalue weighted by Gasteiger charge is 2.50. The second-order valence-electron chi connectivity index (χ2n) is 12.5. The van der Waals surface area contributed by atoms with Gasteiger partial charge in [-0.3, -0.25) is 9.69 Å². The highest BCUT2D eigenvalue weighted by atomic mass is 19.1. The molecule has 2 atom stereocenters. The van der Waals surface area contributed by atoms with E-state index in [-0.39, 0.29) is 18.5 Å². The van der Waals surface area contributed by atoms with Gasteiger partial charge in [0.05, 0.1) is 23.8 Å². The van der Waals surface area contributed by atoms with Crippen LogP contribution in [0.25, 0.3) is 11.3 Å². The second-order valence-corrected chi connectivity index (χ2v) is 12.5. The van der Waals surface area contributed by atoms with Crippen LogP contribution in [-0.2, 0) is 33.8 Å². The molecule has 44 heavy (non-hydrogen) atoms. The standard InChI is InChI=1S/C35H42FN3O5/c1-23-6-4-7-27(30-8-5-9-32(37-30)39-15-13-35(2,34(40)41)31(39)22-42-3)33(23)44-21-24-18-25-10-14-38(20-28(25)29(36)19-24)26-11-16-43-17-12-26/h4-9,18-19,26,31H,10-17,20-22H2,1-3H3,(H,40,41)/t31-,35-/m1/s1. The van der Waals surface area contributed by atoms with Crippen molar-refractivity contribution in [2.45, 2.75) is 64.8 Å². The first-order chi connectivity index (χ1) is 21.3. The van der Waals surface area contributed by atoms with E-state index in [0.29, 0.717) is 43.7 Å². The number of hydrogen-bond donors (Lipinski definition) is 1. The van der Waals surface area contributed by atoms with Crippen LogP contribution < -0.4 is 9.64 Å². The van der Waals surface area contributed by atoms with Crippen molar-refractivity contribution in [1.29, 1.82) is 0 Å². The van der Waals surface area contributed by atoms with Crippen molar-refractivity contribution in [3.8, 4) is 17.0 Å². The minimum atomic E-state index is -0.932. The van der Waals surface area contributed by atoms with Crippen LogP contribution in [0.1, 0.15) is 48.4 Å². The SMILES string of the molecule is COC[C@H]1N(c2cccc(-c3cccc(C)c3OCc3cc(F)c4c(c3)CCN(C3CCOCC3)C4)n2)CC[C@@]1(C)C(=O)O. The first-order valence-electron chi connectivity index (χ1n) is 15.6. The summed E-state index contributed by atoms with van der Waals surface area (Å²) >= 11 is 0. The quantitative estimate of drug-likeness (QED) is 0.337. The molecule has 2 saturated heterocycles. The molecule has 9 heteroatoms. The lowest BCUT2D eigenvalue weighted by Crippen LogP contribution is -2.46. The van der Waals surface area contributed by atoms with E-state index < -0.39 is 11.4 Å². The fourth-order valence-corrected chi connectivity index (χ4v) is 7.06. The molecule has 0 spiro atoms. The molecule has 4 heterocycles. The fraction of sp³-hybridized carbons (Fsp3) is 0.486. The topological polar surface area (TPSA) is 84.4 Å². The number of aliphatic carboxylic acids is 1. The molecular weight excluding hydrogens is 561 g/mol. The zero-order valence-corrected chi connectivity index (χ0v) is 25.9. The Balaban J connectivity index is 1.22. The summed E-state index contributed by atoms with van der Waals surface area (Å²) in [4.78, 5) is 21.6. The number of aromatic nitrogens is 1. The number of para-hydroxylation sites is 1. The third kappa shape index (κ3) is 5.93. The number of benzene rings is 2. The normalized spacial score (nSPS) is 22.6. The largest absolute Gasteiger partial charge is 0.488 e. The number of ether oxygens (including phenoxy) is 3. The van der Waals surface area contributed by atoms with E-state index in [1.165, 1.54) is 0 Å². The molecule has 0 radical (unpaired) electrons. The molecule has 3 aliphatic heterocycles. The van der Waals surface area contributed by atoms with Crippen LogP contribution in [0.5, 0.6) is 5.75 Å². The van der Waals surface area contributed by atoms with Crippen LogP contribution in [-0.4, -0.2) is 73.1 Å². The Kier molecular flexibility index (Phi) is 8.89. The van der Waals surface area contributed by atoms with Crippen LogP contribution in [0.4, 0.5) is 10.2 Å². The zero-order chi connectivity index (χ0) is 30.8. The molecule has 0 unspecified atom stereocenters. The molecule has 6 rings (SSSR count). The van der Waals surface area contributed by atoms with E-state index in [1.807, 2.05) is 48.2 Å². The minimum absolute atomic E-state index is 0.165. The molecule has 3 aromatic rings.